The molecule has 0 aromatic carbocycles. The number of carbonyl (C=O) groups excluding carboxylic acids is 1. The molecule has 1 fully saturated rings. The van der Waals surface area contributed by atoms with Crippen molar-refractivity contribution in [2.24, 2.45) is 0 Å². The SMILES string of the molecule is CCC1=CCC=C(C(=O)N2CCN(C)CC2)S1. The van der Waals surface area contributed by atoms with Crippen LogP contribution in [0.4, 0.5) is 0 Å². The fraction of sp³-hybridized carbons (Fsp3) is 0.615. The van der Waals surface area contributed by atoms with E-state index < -0.39 is 0 Å². The van der Waals surface area contributed by atoms with Crippen molar-refractivity contribution in [2.45, 2.75) is 19.8 Å². The van der Waals surface area contributed by atoms with E-state index in [1.54, 1.807) is 11.8 Å². The molecule has 0 bridgehead atoms. The Morgan fingerprint density at radius 1 is 1.29 bits per heavy atom. The van der Waals surface area contributed by atoms with Crippen molar-refractivity contribution in [3.8, 4) is 0 Å². The summed E-state index contributed by atoms with van der Waals surface area (Å²) < 4.78 is 0. The lowest BCUT2D eigenvalue weighted by Gasteiger charge is -2.33. The van der Waals surface area contributed by atoms with Crippen LogP contribution >= 0.6 is 11.8 Å². The average molecular weight is 252 g/mol. The number of hydrogen-bond acceptors (Lipinski definition) is 3. The molecule has 4 heteroatoms. The predicted octanol–water partition coefficient (Wildman–Crippen LogP) is 2.08. The molecule has 94 valence electrons. The van der Waals surface area contributed by atoms with E-state index in [1.165, 1.54) is 4.91 Å². The van der Waals surface area contributed by atoms with Crippen LogP contribution in [0.15, 0.2) is 22.0 Å². The van der Waals surface area contributed by atoms with Gasteiger partial charge in [-0.15, -0.1) is 0 Å². The zero-order valence-corrected chi connectivity index (χ0v) is 11.4. The summed E-state index contributed by atoms with van der Waals surface area (Å²) in [5, 5.41) is 0. The number of thioether (sulfide) groups is 1. The van der Waals surface area contributed by atoms with Crippen LogP contribution in [0.25, 0.3) is 0 Å². The molecule has 2 rings (SSSR count). The van der Waals surface area contributed by atoms with Crippen molar-refractivity contribution < 1.29 is 4.79 Å². The van der Waals surface area contributed by atoms with Gasteiger partial charge in [-0.1, -0.05) is 30.8 Å². The van der Waals surface area contributed by atoms with Gasteiger partial charge in [0.25, 0.3) is 5.91 Å². The normalized spacial score (nSPS) is 22.1. The summed E-state index contributed by atoms with van der Waals surface area (Å²) in [7, 11) is 2.11. The minimum absolute atomic E-state index is 0.224. The van der Waals surface area contributed by atoms with Gasteiger partial charge in [0.15, 0.2) is 0 Å². The van der Waals surface area contributed by atoms with E-state index in [-0.39, 0.29) is 5.91 Å². The summed E-state index contributed by atoms with van der Waals surface area (Å²) in [6.45, 7) is 5.83. The largest absolute Gasteiger partial charge is 0.336 e. The number of carbonyl (C=O) groups is 1. The smallest absolute Gasteiger partial charge is 0.260 e. The third kappa shape index (κ3) is 3.13. The van der Waals surface area contributed by atoms with Gasteiger partial charge in [0.2, 0.25) is 0 Å². The van der Waals surface area contributed by atoms with Gasteiger partial charge in [-0.05, 0) is 24.8 Å². The molecule has 1 amide bonds. The van der Waals surface area contributed by atoms with E-state index in [2.05, 4.69) is 31.0 Å². The van der Waals surface area contributed by atoms with E-state index in [9.17, 15) is 4.79 Å². The standard InChI is InChI=1S/C13H20N2OS/c1-3-11-5-4-6-12(17-11)13(16)15-9-7-14(2)8-10-15/h5-6H,3-4,7-10H2,1-2H3. The average Bonchev–Trinajstić information content (AvgIpc) is 2.39. The zero-order chi connectivity index (χ0) is 12.3. The molecule has 0 atom stereocenters. The van der Waals surface area contributed by atoms with Gasteiger partial charge in [-0.3, -0.25) is 4.79 Å². The monoisotopic (exact) mass is 252 g/mol. The molecule has 0 N–H and O–H groups in total. The molecule has 0 aromatic heterocycles. The van der Waals surface area contributed by atoms with Crippen LogP contribution in [0.5, 0.6) is 0 Å². The van der Waals surface area contributed by atoms with E-state index in [0.29, 0.717) is 0 Å². The summed E-state index contributed by atoms with van der Waals surface area (Å²) in [6.07, 6.45) is 6.21. The molecule has 1 saturated heterocycles. The number of likely N-dealkylation sites (N-methyl/N-ethyl adjacent to an activating group) is 1. The van der Waals surface area contributed by atoms with Crippen LogP contribution < -0.4 is 0 Å². The summed E-state index contributed by atoms with van der Waals surface area (Å²) in [4.78, 5) is 18.8. The molecular formula is C13H20N2OS. The predicted molar refractivity (Wildman–Crippen MR) is 72.7 cm³/mol. The lowest BCUT2D eigenvalue weighted by atomic mass is 10.2. The van der Waals surface area contributed by atoms with Crippen LogP contribution in [0, 0.1) is 0 Å². The van der Waals surface area contributed by atoms with Gasteiger partial charge in [0.05, 0.1) is 4.91 Å². The molecule has 3 nitrogen and oxygen atoms in total. The van der Waals surface area contributed by atoms with Gasteiger partial charge >= 0.3 is 0 Å². The fourth-order valence-corrected chi connectivity index (χ4v) is 3.04. The molecule has 0 aliphatic carbocycles. The van der Waals surface area contributed by atoms with Crippen molar-refractivity contribution in [2.75, 3.05) is 33.2 Å². The second-order valence-corrected chi connectivity index (χ2v) is 5.69. The van der Waals surface area contributed by atoms with Crippen molar-refractivity contribution in [3.63, 3.8) is 0 Å². The van der Waals surface area contributed by atoms with Gasteiger partial charge < -0.3 is 9.80 Å². The maximum absolute atomic E-state index is 12.3. The third-order valence-electron chi connectivity index (χ3n) is 3.24. The van der Waals surface area contributed by atoms with Crippen LogP contribution in [-0.2, 0) is 4.79 Å². The Labute approximate surface area is 108 Å². The van der Waals surface area contributed by atoms with E-state index >= 15 is 0 Å². The van der Waals surface area contributed by atoms with Crippen LogP contribution in [0.2, 0.25) is 0 Å². The highest BCUT2D eigenvalue weighted by atomic mass is 32.2. The summed E-state index contributed by atoms with van der Waals surface area (Å²) in [6, 6.07) is 0. The van der Waals surface area contributed by atoms with Gasteiger partial charge in [0, 0.05) is 26.2 Å². The zero-order valence-electron chi connectivity index (χ0n) is 10.6. The lowest BCUT2D eigenvalue weighted by molar-refractivity contribution is -0.127. The highest BCUT2D eigenvalue weighted by Crippen LogP contribution is 2.33. The molecular weight excluding hydrogens is 232 g/mol. The Kier molecular flexibility index (Phi) is 4.29. The summed E-state index contributed by atoms with van der Waals surface area (Å²) in [5.74, 6) is 0.224. The highest BCUT2D eigenvalue weighted by Gasteiger charge is 2.23. The van der Waals surface area contributed by atoms with E-state index in [4.69, 9.17) is 0 Å². The molecule has 2 aliphatic rings. The first-order valence-corrected chi connectivity index (χ1v) is 7.07. The summed E-state index contributed by atoms with van der Waals surface area (Å²) in [5.41, 5.74) is 0. The Balaban J connectivity index is 1.94. The van der Waals surface area contributed by atoms with E-state index in [0.717, 1.165) is 43.9 Å². The second-order valence-electron chi connectivity index (χ2n) is 4.53. The highest BCUT2D eigenvalue weighted by molar-refractivity contribution is 8.07. The minimum atomic E-state index is 0.224. The molecule has 0 aromatic rings. The quantitative estimate of drug-likeness (QED) is 0.752. The number of piperazine rings is 1. The van der Waals surface area contributed by atoms with Crippen molar-refractivity contribution in [1.29, 1.82) is 0 Å². The lowest BCUT2D eigenvalue weighted by Crippen LogP contribution is -2.47. The molecule has 2 heterocycles. The molecule has 0 unspecified atom stereocenters. The topological polar surface area (TPSA) is 23.6 Å². The number of allylic oxidation sites excluding steroid dienone is 3. The van der Waals surface area contributed by atoms with Crippen molar-refractivity contribution in [1.82, 2.24) is 9.80 Å². The Bertz CT molecular complexity index is 354. The number of rotatable bonds is 2. The molecule has 2 aliphatic heterocycles. The Morgan fingerprint density at radius 3 is 2.65 bits per heavy atom. The number of hydrogen-bond donors (Lipinski definition) is 0. The maximum atomic E-state index is 12.3. The number of nitrogens with zero attached hydrogens (tertiary/aromatic N) is 2. The van der Waals surface area contributed by atoms with Gasteiger partial charge in [0.1, 0.15) is 0 Å². The van der Waals surface area contributed by atoms with E-state index in [1.807, 2.05) is 4.90 Å². The van der Waals surface area contributed by atoms with Crippen LogP contribution in [-0.4, -0.2) is 48.9 Å². The Morgan fingerprint density at radius 2 is 2.00 bits per heavy atom. The molecule has 17 heavy (non-hydrogen) atoms. The first-order valence-electron chi connectivity index (χ1n) is 6.25. The third-order valence-corrected chi connectivity index (χ3v) is 4.52. The van der Waals surface area contributed by atoms with Gasteiger partial charge in [-0.2, -0.15) is 0 Å². The van der Waals surface area contributed by atoms with Crippen molar-refractivity contribution in [3.05, 3.63) is 22.0 Å². The summed E-state index contributed by atoms with van der Waals surface area (Å²) >= 11 is 1.65. The Hall–Kier alpha value is -0.740. The fourth-order valence-electron chi connectivity index (χ4n) is 2.03. The molecule has 0 saturated carbocycles. The number of amides is 1. The van der Waals surface area contributed by atoms with Crippen LogP contribution in [0.3, 0.4) is 0 Å². The maximum Gasteiger partial charge on any atom is 0.260 e. The minimum Gasteiger partial charge on any atom is -0.336 e. The first-order chi connectivity index (χ1) is 8.20. The van der Waals surface area contributed by atoms with Crippen molar-refractivity contribution >= 4 is 17.7 Å². The van der Waals surface area contributed by atoms with Gasteiger partial charge in [-0.25, -0.2) is 0 Å². The molecule has 0 spiro atoms. The van der Waals surface area contributed by atoms with Crippen LogP contribution in [0.1, 0.15) is 19.8 Å². The molecule has 0 radical (unpaired) electrons. The second kappa shape index (κ2) is 5.74. The first kappa shape index (κ1) is 12.7.